The average molecular weight is 652 g/mol. The first-order chi connectivity index (χ1) is 20.7. The molecule has 2 rings (SSSR count). The molecular formula is C26H59N4O14+. The van der Waals surface area contributed by atoms with Gasteiger partial charge >= 0.3 is 11.9 Å². The Morgan fingerprint density at radius 3 is 1.50 bits per heavy atom. The largest absolute Gasteiger partial charge is 0.481 e. The van der Waals surface area contributed by atoms with Crippen molar-refractivity contribution in [1.29, 1.82) is 0 Å². The summed E-state index contributed by atoms with van der Waals surface area (Å²) in [4.78, 5) is 42.7. The van der Waals surface area contributed by atoms with E-state index in [-0.39, 0.29) is 19.7 Å². The van der Waals surface area contributed by atoms with Crippen molar-refractivity contribution in [3.63, 3.8) is 0 Å². The molecular weight excluding hydrogens is 592 g/mol. The molecule has 0 aromatic heterocycles. The lowest BCUT2D eigenvalue weighted by Gasteiger charge is -2.43. The quantitative estimate of drug-likeness (QED) is 0.119. The highest BCUT2D eigenvalue weighted by Crippen LogP contribution is 2.19. The molecule has 266 valence electrons. The van der Waals surface area contributed by atoms with Crippen LogP contribution < -0.4 is 16.4 Å². The van der Waals surface area contributed by atoms with Crippen molar-refractivity contribution < 1.29 is 76.0 Å². The highest BCUT2D eigenvalue weighted by Gasteiger charge is 2.43. The zero-order valence-electron chi connectivity index (χ0n) is 27.1. The van der Waals surface area contributed by atoms with Crippen molar-refractivity contribution in [3.05, 3.63) is 0 Å². The Hall–Kier alpha value is -2.52. The molecule has 2 aliphatic rings. The molecule has 0 unspecified atom stereocenters. The number of likely N-dealkylation sites (tertiary alicyclic amines) is 1. The molecule has 0 aromatic carbocycles. The first kappa shape index (κ1) is 51.1. The fourth-order valence-electron chi connectivity index (χ4n) is 3.19. The minimum atomic E-state index is -1.45. The molecule has 2 aliphatic heterocycles. The zero-order valence-corrected chi connectivity index (χ0v) is 27.1. The third kappa shape index (κ3) is 21.2. The van der Waals surface area contributed by atoms with Gasteiger partial charge in [-0.15, -0.1) is 0 Å². The van der Waals surface area contributed by atoms with Gasteiger partial charge in [-0.2, -0.15) is 0 Å². The number of carboxylic acid groups (broad SMARTS) is 2. The van der Waals surface area contributed by atoms with Crippen LogP contribution in [0.1, 0.15) is 54.4 Å². The molecule has 2 fully saturated rings. The molecule has 15 N–H and O–H groups in total. The Morgan fingerprint density at radius 2 is 1.16 bits per heavy atom. The average Bonchev–Trinajstić information content (AvgIpc) is 3.02. The summed E-state index contributed by atoms with van der Waals surface area (Å²) in [6.45, 7) is 11.2. The number of aliphatic carboxylic acids is 2. The van der Waals surface area contributed by atoms with Gasteiger partial charge in [0, 0.05) is 20.1 Å². The predicted molar refractivity (Wildman–Crippen MR) is 159 cm³/mol. The maximum Gasteiger partial charge on any atom is 0.314 e. The molecule has 0 saturated carbocycles. The third-order valence-corrected chi connectivity index (χ3v) is 5.27. The Kier molecular flexibility index (Phi) is 37.0. The van der Waals surface area contributed by atoms with Crippen LogP contribution in [-0.2, 0) is 19.2 Å². The predicted octanol–water partition coefficient (Wildman–Crippen LogP) is -5.08. The van der Waals surface area contributed by atoms with Gasteiger partial charge in [0.25, 0.3) is 0 Å². The van der Waals surface area contributed by atoms with Crippen LogP contribution in [0.3, 0.4) is 0 Å². The lowest BCUT2D eigenvalue weighted by Crippen LogP contribution is -2.64. The highest BCUT2D eigenvalue weighted by molar-refractivity contribution is 5.97. The normalized spacial score (nSPS) is 26.4. The molecule has 2 heterocycles. The van der Waals surface area contributed by atoms with Crippen molar-refractivity contribution in [3.8, 4) is 0 Å². The lowest BCUT2D eigenvalue weighted by atomic mass is 9.94. The van der Waals surface area contributed by atoms with E-state index in [1.165, 1.54) is 7.05 Å². The van der Waals surface area contributed by atoms with Gasteiger partial charge in [0.1, 0.15) is 37.3 Å². The van der Waals surface area contributed by atoms with E-state index in [4.69, 9.17) is 30.6 Å². The second kappa shape index (κ2) is 31.9. The molecule has 0 radical (unpaired) electrons. The summed E-state index contributed by atoms with van der Waals surface area (Å²) < 4.78 is 0. The van der Waals surface area contributed by atoms with Crippen molar-refractivity contribution >= 4 is 23.8 Å². The molecule has 0 aromatic rings. The zero-order chi connectivity index (χ0) is 36.2. The molecule has 0 aliphatic carbocycles. The third-order valence-electron chi connectivity index (χ3n) is 5.27. The Balaban J connectivity index is -0.000000167. The topological polar surface area (TPSA) is 326 Å². The van der Waals surface area contributed by atoms with Gasteiger partial charge in [-0.25, -0.2) is 0 Å². The van der Waals surface area contributed by atoms with E-state index in [9.17, 15) is 39.6 Å². The van der Waals surface area contributed by atoms with Gasteiger partial charge in [-0.3, -0.25) is 19.2 Å². The molecule has 2 amide bonds. The van der Waals surface area contributed by atoms with E-state index in [0.717, 1.165) is 4.90 Å². The Bertz CT molecular complexity index is 721. The molecule has 44 heavy (non-hydrogen) atoms. The van der Waals surface area contributed by atoms with E-state index in [0.29, 0.717) is 0 Å². The minimum Gasteiger partial charge on any atom is -0.481 e. The number of carbonyl (C=O) groups is 4. The van der Waals surface area contributed by atoms with Crippen LogP contribution in [0.4, 0.5) is 0 Å². The number of aliphatic hydroxyl groups excluding tert-OH is 8. The standard InChI is InChI=1S/C10H18N2O6.C6H13NO4.C3H4O4.3C2H6.CH5N/c1-11-7(15)2-8(16)12-3-6(14)10(18)9(17)5(12)4-13;8-2-3-5(10)6(11)4(9)1-7-3;4-2(5)1-3(6)7;4*1-2/h5-6,9-10,13-14,17-18H,2-4H2,1H3,(H,11,15);3-11H,1-2H2;1H2,(H,4,5)(H,6,7);3*1-2H3;2H2,1H3/p+1/t5-,6+,9-,10-;3-,4+,5-,6-;;;;;/m00...../s1. The SMILES string of the molecule is CC.CC.CC.CNC(=O)CC(=O)N1C[C@@H](O)[C@H](O)[C@@H](O)[C@@H]1CO.C[NH3+].O=C(O)CC(=O)O.OC[C@@H]1NC[C@@H](O)[C@H](O)[C@H]1O. The van der Waals surface area contributed by atoms with Gasteiger partial charge in [-0.05, 0) is 0 Å². The number of aliphatic hydroxyl groups is 8. The molecule has 0 spiro atoms. The van der Waals surface area contributed by atoms with Crippen molar-refractivity contribution in [2.24, 2.45) is 0 Å². The van der Waals surface area contributed by atoms with Crippen molar-refractivity contribution in [1.82, 2.24) is 15.5 Å². The minimum absolute atomic E-state index is 0.198. The Labute approximate surface area is 259 Å². The lowest BCUT2D eigenvalue weighted by molar-refractivity contribution is -0.325. The summed E-state index contributed by atoms with van der Waals surface area (Å²) >= 11 is 0. The maximum atomic E-state index is 11.8. The van der Waals surface area contributed by atoms with Crippen LogP contribution in [0.2, 0.25) is 0 Å². The summed E-state index contributed by atoms with van der Waals surface area (Å²) in [7, 11) is 3.13. The van der Waals surface area contributed by atoms with Crippen LogP contribution in [0.15, 0.2) is 0 Å². The maximum absolute atomic E-state index is 11.8. The van der Waals surface area contributed by atoms with Crippen LogP contribution in [0.5, 0.6) is 0 Å². The van der Waals surface area contributed by atoms with Crippen LogP contribution in [0, 0.1) is 0 Å². The van der Waals surface area contributed by atoms with E-state index >= 15 is 0 Å². The van der Waals surface area contributed by atoms with Crippen LogP contribution >= 0.6 is 0 Å². The first-order valence-corrected chi connectivity index (χ1v) is 14.4. The van der Waals surface area contributed by atoms with E-state index in [2.05, 4.69) is 16.4 Å². The van der Waals surface area contributed by atoms with Crippen molar-refractivity contribution in [2.45, 2.75) is 103 Å². The monoisotopic (exact) mass is 651 g/mol. The van der Waals surface area contributed by atoms with E-state index in [1.54, 1.807) is 7.05 Å². The van der Waals surface area contributed by atoms with Gasteiger partial charge in [0.2, 0.25) is 11.8 Å². The van der Waals surface area contributed by atoms with Gasteiger partial charge < -0.3 is 72.3 Å². The van der Waals surface area contributed by atoms with Gasteiger partial charge in [0.05, 0.1) is 44.6 Å². The van der Waals surface area contributed by atoms with E-state index < -0.39 is 91.9 Å². The number of piperidine rings is 2. The second-order valence-electron chi connectivity index (χ2n) is 7.90. The fourth-order valence-corrected chi connectivity index (χ4v) is 3.19. The molecule has 8 atom stereocenters. The number of carbonyl (C=O) groups excluding carboxylic acids is 2. The van der Waals surface area contributed by atoms with Gasteiger partial charge in [-0.1, -0.05) is 41.5 Å². The van der Waals surface area contributed by atoms with E-state index in [1.807, 2.05) is 41.5 Å². The van der Waals surface area contributed by atoms with Crippen LogP contribution in [0.25, 0.3) is 0 Å². The number of carboxylic acids is 2. The van der Waals surface area contributed by atoms with Crippen LogP contribution in [-0.4, -0.2) is 169 Å². The fraction of sp³-hybridized carbons (Fsp3) is 0.846. The molecule has 0 bridgehead atoms. The first-order valence-electron chi connectivity index (χ1n) is 14.4. The number of hydrogen-bond donors (Lipinski definition) is 13. The summed E-state index contributed by atoms with van der Waals surface area (Å²) in [6.07, 6.45) is -8.64. The summed E-state index contributed by atoms with van der Waals surface area (Å²) in [5, 5.41) is 94.0. The Morgan fingerprint density at radius 1 is 0.727 bits per heavy atom. The number of rotatable bonds is 6. The van der Waals surface area contributed by atoms with Gasteiger partial charge in [0.15, 0.2) is 0 Å². The van der Waals surface area contributed by atoms with Crippen molar-refractivity contribution in [2.75, 3.05) is 40.4 Å². The number of quaternary nitrogens is 1. The number of hydrogen-bond acceptors (Lipinski definition) is 13. The smallest absolute Gasteiger partial charge is 0.314 e. The molecule has 18 nitrogen and oxygen atoms in total. The number of amides is 2. The summed E-state index contributed by atoms with van der Waals surface area (Å²) in [5.74, 6) is -3.76. The number of nitrogens with zero attached hydrogens (tertiary/aromatic N) is 1. The molecule has 18 heteroatoms. The number of β-amino-alcohol motifs (C(OH)–C–C–N with tert-alkyl or cyclic N) is 2. The second-order valence-corrected chi connectivity index (χ2v) is 7.90. The summed E-state index contributed by atoms with van der Waals surface area (Å²) in [5.41, 5.74) is 3.25. The summed E-state index contributed by atoms with van der Waals surface area (Å²) in [6, 6.07) is -1.56. The molecule has 2 saturated heterocycles. The number of nitrogens with one attached hydrogen (secondary N) is 2. The highest BCUT2D eigenvalue weighted by atomic mass is 16.4.